The minimum atomic E-state index is 0.129. The molecule has 1 amide bonds. The van der Waals surface area contributed by atoms with E-state index in [0.29, 0.717) is 11.8 Å². The lowest BCUT2D eigenvalue weighted by Crippen LogP contribution is -2.31. The van der Waals surface area contributed by atoms with Gasteiger partial charge in [-0.3, -0.25) is 4.79 Å². The molecule has 0 saturated carbocycles. The molecule has 29 heavy (non-hydrogen) atoms. The minimum absolute atomic E-state index is 0.129. The molecule has 0 spiro atoms. The Morgan fingerprint density at radius 1 is 1.07 bits per heavy atom. The van der Waals surface area contributed by atoms with Crippen molar-refractivity contribution in [2.24, 2.45) is 11.8 Å². The normalized spacial score (nSPS) is 19.1. The number of rotatable bonds is 8. The highest BCUT2D eigenvalue weighted by Crippen LogP contribution is 2.39. The molecule has 1 aliphatic rings. The number of amides is 1. The third-order valence-electron chi connectivity index (χ3n) is 5.87. The Bertz CT molecular complexity index is 797. The Balaban J connectivity index is 1.78. The van der Waals surface area contributed by atoms with Gasteiger partial charge in [-0.05, 0) is 60.6 Å². The van der Waals surface area contributed by atoms with Crippen LogP contribution in [-0.2, 0) is 11.2 Å². The van der Waals surface area contributed by atoms with Crippen LogP contribution in [0.3, 0.4) is 0 Å². The maximum atomic E-state index is 13.2. The third kappa shape index (κ3) is 5.11. The standard InChI is InChI=1S/C25H34N2O2/c1-18(2)16-21-17-24(20-8-10-22(11-9-20)26(3)4)27(25(21)28)15-14-19-6-12-23(29-5)13-7-19/h6-13,18,21,24H,14-17H2,1-5H3/t21-,24+/m1/s1. The third-order valence-corrected chi connectivity index (χ3v) is 5.87. The van der Waals surface area contributed by atoms with Crippen molar-refractivity contribution in [3.05, 3.63) is 59.7 Å². The average molecular weight is 395 g/mol. The van der Waals surface area contributed by atoms with Crippen LogP contribution in [0.15, 0.2) is 48.5 Å². The van der Waals surface area contributed by atoms with E-state index >= 15 is 0 Å². The summed E-state index contributed by atoms with van der Waals surface area (Å²) in [5.74, 6) is 1.84. The maximum Gasteiger partial charge on any atom is 0.226 e. The zero-order chi connectivity index (χ0) is 21.0. The van der Waals surface area contributed by atoms with Crippen LogP contribution < -0.4 is 9.64 Å². The number of likely N-dealkylation sites (tertiary alicyclic amines) is 1. The minimum Gasteiger partial charge on any atom is -0.497 e. The summed E-state index contributed by atoms with van der Waals surface area (Å²) >= 11 is 0. The van der Waals surface area contributed by atoms with Gasteiger partial charge < -0.3 is 14.5 Å². The van der Waals surface area contributed by atoms with Crippen molar-refractivity contribution in [1.82, 2.24) is 4.90 Å². The second-order valence-electron chi connectivity index (χ2n) is 8.69. The van der Waals surface area contributed by atoms with Crippen molar-refractivity contribution in [3.63, 3.8) is 0 Å². The fourth-order valence-electron chi connectivity index (χ4n) is 4.27. The van der Waals surface area contributed by atoms with E-state index in [9.17, 15) is 4.79 Å². The van der Waals surface area contributed by atoms with Gasteiger partial charge in [-0.1, -0.05) is 38.1 Å². The number of carbonyl (C=O) groups excluding carboxylic acids is 1. The number of methoxy groups -OCH3 is 1. The van der Waals surface area contributed by atoms with Crippen LogP contribution >= 0.6 is 0 Å². The molecule has 0 aliphatic carbocycles. The number of nitrogens with zero attached hydrogens (tertiary/aromatic N) is 2. The fourth-order valence-corrected chi connectivity index (χ4v) is 4.27. The number of benzene rings is 2. The Hall–Kier alpha value is -2.49. The van der Waals surface area contributed by atoms with E-state index in [-0.39, 0.29) is 12.0 Å². The van der Waals surface area contributed by atoms with Crippen molar-refractivity contribution >= 4 is 11.6 Å². The average Bonchev–Trinajstić information content (AvgIpc) is 3.01. The molecule has 1 saturated heterocycles. The summed E-state index contributed by atoms with van der Waals surface area (Å²) < 4.78 is 5.25. The molecule has 1 heterocycles. The van der Waals surface area contributed by atoms with Crippen LogP contribution in [-0.4, -0.2) is 38.6 Å². The lowest BCUT2D eigenvalue weighted by molar-refractivity contribution is -0.132. The summed E-state index contributed by atoms with van der Waals surface area (Å²) in [6.45, 7) is 5.15. The highest BCUT2D eigenvalue weighted by Gasteiger charge is 2.39. The van der Waals surface area contributed by atoms with E-state index in [0.717, 1.165) is 31.6 Å². The number of anilines is 1. The van der Waals surface area contributed by atoms with E-state index in [1.807, 2.05) is 26.2 Å². The molecule has 0 radical (unpaired) electrons. The smallest absolute Gasteiger partial charge is 0.226 e. The summed E-state index contributed by atoms with van der Waals surface area (Å²) in [5, 5.41) is 0. The Kier molecular flexibility index (Phi) is 6.83. The van der Waals surface area contributed by atoms with Crippen LogP contribution in [0.2, 0.25) is 0 Å². The maximum absolute atomic E-state index is 13.2. The molecule has 0 N–H and O–H groups in total. The number of carbonyl (C=O) groups is 1. The van der Waals surface area contributed by atoms with Gasteiger partial charge in [-0.2, -0.15) is 0 Å². The van der Waals surface area contributed by atoms with Crippen molar-refractivity contribution in [2.45, 2.75) is 39.2 Å². The SMILES string of the molecule is COc1ccc(CCN2C(=O)[C@H](CC(C)C)C[C@H]2c2ccc(N(C)C)cc2)cc1. The molecule has 2 atom stereocenters. The van der Waals surface area contributed by atoms with E-state index < -0.39 is 0 Å². The second kappa shape index (κ2) is 9.34. The number of ether oxygens (including phenoxy) is 1. The Morgan fingerprint density at radius 3 is 2.28 bits per heavy atom. The van der Waals surface area contributed by atoms with Crippen LogP contribution in [0.5, 0.6) is 5.75 Å². The highest BCUT2D eigenvalue weighted by molar-refractivity contribution is 5.82. The monoisotopic (exact) mass is 394 g/mol. The molecule has 3 rings (SSSR count). The van der Waals surface area contributed by atoms with Gasteiger partial charge in [0.15, 0.2) is 0 Å². The van der Waals surface area contributed by atoms with Crippen molar-refractivity contribution in [2.75, 3.05) is 32.6 Å². The van der Waals surface area contributed by atoms with Gasteiger partial charge in [0.1, 0.15) is 5.75 Å². The summed E-state index contributed by atoms with van der Waals surface area (Å²) in [4.78, 5) is 17.4. The molecule has 156 valence electrons. The van der Waals surface area contributed by atoms with Gasteiger partial charge in [0.2, 0.25) is 5.91 Å². The number of hydrogen-bond donors (Lipinski definition) is 0. The molecule has 4 nitrogen and oxygen atoms in total. The van der Waals surface area contributed by atoms with Crippen molar-refractivity contribution in [3.8, 4) is 5.75 Å². The van der Waals surface area contributed by atoms with E-state index in [1.54, 1.807) is 7.11 Å². The van der Waals surface area contributed by atoms with E-state index in [2.05, 4.69) is 60.0 Å². The molecule has 0 aromatic heterocycles. The molecule has 1 aliphatic heterocycles. The molecule has 2 aromatic carbocycles. The van der Waals surface area contributed by atoms with Crippen molar-refractivity contribution in [1.29, 1.82) is 0 Å². The zero-order valence-corrected chi connectivity index (χ0v) is 18.4. The molecular weight excluding hydrogens is 360 g/mol. The van der Waals surface area contributed by atoms with Gasteiger partial charge >= 0.3 is 0 Å². The van der Waals surface area contributed by atoms with Crippen LogP contribution in [0, 0.1) is 11.8 Å². The van der Waals surface area contributed by atoms with E-state index in [1.165, 1.54) is 16.8 Å². The molecule has 0 unspecified atom stereocenters. The molecule has 2 aromatic rings. The lowest BCUT2D eigenvalue weighted by atomic mass is 9.92. The first-order chi connectivity index (χ1) is 13.9. The summed E-state index contributed by atoms with van der Waals surface area (Å²) in [6, 6.07) is 17.0. The molecule has 1 fully saturated rings. The van der Waals surface area contributed by atoms with Crippen molar-refractivity contribution < 1.29 is 9.53 Å². The predicted molar refractivity (Wildman–Crippen MR) is 119 cm³/mol. The first-order valence-corrected chi connectivity index (χ1v) is 10.6. The Morgan fingerprint density at radius 2 is 1.72 bits per heavy atom. The first kappa shape index (κ1) is 21.2. The topological polar surface area (TPSA) is 32.8 Å². The number of hydrogen-bond acceptors (Lipinski definition) is 3. The van der Waals surface area contributed by atoms with Crippen LogP contribution in [0.4, 0.5) is 5.69 Å². The predicted octanol–water partition coefficient (Wildman–Crippen LogP) is 4.94. The zero-order valence-electron chi connectivity index (χ0n) is 18.4. The highest BCUT2D eigenvalue weighted by atomic mass is 16.5. The van der Waals surface area contributed by atoms with Gasteiger partial charge in [-0.15, -0.1) is 0 Å². The summed E-state index contributed by atoms with van der Waals surface area (Å²) in [7, 11) is 5.78. The first-order valence-electron chi connectivity index (χ1n) is 10.6. The quantitative estimate of drug-likeness (QED) is 0.636. The van der Waals surface area contributed by atoms with Gasteiger partial charge in [0.05, 0.1) is 13.2 Å². The molecule has 4 heteroatoms. The summed E-state index contributed by atoms with van der Waals surface area (Å²) in [5.41, 5.74) is 3.65. The summed E-state index contributed by atoms with van der Waals surface area (Å²) in [6.07, 6.45) is 2.74. The van der Waals surface area contributed by atoms with Gasteiger partial charge in [0.25, 0.3) is 0 Å². The lowest BCUT2D eigenvalue weighted by Gasteiger charge is -2.26. The van der Waals surface area contributed by atoms with Gasteiger partial charge in [-0.25, -0.2) is 0 Å². The van der Waals surface area contributed by atoms with Gasteiger partial charge in [0, 0.05) is 32.2 Å². The van der Waals surface area contributed by atoms with Crippen LogP contribution in [0.25, 0.3) is 0 Å². The largest absolute Gasteiger partial charge is 0.497 e. The Labute approximate surface area is 175 Å². The second-order valence-corrected chi connectivity index (χ2v) is 8.69. The van der Waals surface area contributed by atoms with E-state index in [4.69, 9.17) is 4.74 Å². The molecule has 0 bridgehead atoms. The fraction of sp³-hybridized carbons (Fsp3) is 0.480. The van der Waals surface area contributed by atoms with Crippen LogP contribution in [0.1, 0.15) is 43.9 Å². The molecular formula is C25H34N2O2.